The number of likely N-dealkylation sites (tertiary alicyclic amines) is 1. The molecule has 5 heteroatoms. The van der Waals surface area contributed by atoms with E-state index in [1.54, 1.807) is 29.2 Å². The van der Waals surface area contributed by atoms with E-state index in [1.165, 1.54) is 0 Å². The van der Waals surface area contributed by atoms with E-state index < -0.39 is 12.0 Å². The number of nitrogens with one attached hydrogen (secondary N) is 1. The number of hydrogen-bond donors (Lipinski definition) is 2. The summed E-state index contributed by atoms with van der Waals surface area (Å²) in [4.78, 5) is 25.7. The van der Waals surface area contributed by atoms with Crippen LogP contribution >= 0.6 is 0 Å². The lowest BCUT2D eigenvalue weighted by atomic mass is 9.98. The molecule has 5 nitrogen and oxygen atoms in total. The Labute approximate surface area is 125 Å². The number of piperidine rings is 1. The SMILES string of the molecule is C[C@@H]1CCC[C@H](C)N1C(=O)N[C@H](C(=O)O)c1ccccc1. The molecule has 2 amide bonds. The summed E-state index contributed by atoms with van der Waals surface area (Å²) < 4.78 is 0. The molecule has 1 aliphatic heterocycles. The molecule has 1 aromatic rings. The summed E-state index contributed by atoms with van der Waals surface area (Å²) >= 11 is 0. The summed E-state index contributed by atoms with van der Waals surface area (Å²) in [6.45, 7) is 4.01. The molecule has 1 saturated heterocycles. The Bertz CT molecular complexity index is 494. The summed E-state index contributed by atoms with van der Waals surface area (Å²) in [6.07, 6.45) is 3.02. The van der Waals surface area contributed by atoms with Gasteiger partial charge in [0.2, 0.25) is 0 Å². The van der Waals surface area contributed by atoms with Gasteiger partial charge in [-0.15, -0.1) is 0 Å². The molecule has 0 unspecified atom stereocenters. The highest BCUT2D eigenvalue weighted by molar-refractivity contribution is 5.84. The number of carboxylic acid groups (broad SMARTS) is 1. The first-order valence-corrected chi connectivity index (χ1v) is 7.37. The van der Waals surface area contributed by atoms with Gasteiger partial charge < -0.3 is 15.3 Å². The predicted molar refractivity (Wildman–Crippen MR) is 80.0 cm³/mol. The van der Waals surface area contributed by atoms with Gasteiger partial charge in [0.05, 0.1) is 0 Å². The van der Waals surface area contributed by atoms with Gasteiger partial charge in [0.1, 0.15) is 0 Å². The zero-order valence-electron chi connectivity index (χ0n) is 12.5. The Morgan fingerprint density at radius 2 is 1.76 bits per heavy atom. The molecule has 3 atom stereocenters. The minimum atomic E-state index is -1.05. The van der Waals surface area contributed by atoms with Crippen LogP contribution in [0.25, 0.3) is 0 Å². The number of benzene rings is 1. The molecule has 1 fully saturated rings. The summed E-state index contributed by atoms with van der Waals surface area (Å²) in [7, 11) is 0. The third kappa shape index (κ3) is 3.54. The van der Waals surface area contributed by atoms with Crippen LogP contribution in [0.1, 0.15) is 44.7 Å². The van der Waals surface area contributed by atoms with E-state index in [0.29, 0.717) is 5.56 Å². The average molecular weight is 290 g/mol. The van der Waals surface area contributed by atoms with Gasteiger partial charge in [-0.2, -0.15) is 0 Å². The zero-order chi connectivity index (χ0) is 15.4. The second-order valence-corrected chi connectivity index (χ2v) is 5.67. The van der Waals surface area contributed by atoms with Crippen molar-refractivity contribution >= 4 is 12.0 Å². The lowest BCUT2D eigenvalue weighted by molar-refractivity contribution is -0.139. The summed E-state index contributed by atoms with van der Waals surface area (Å²) in [5, 5.41) is 12.0. The van der Waals surface area contributed by atoms with Gasteiger partial charge in [-0.3, -0.25) is 0 Å². The van der Waals surface area contributed by atoms with Crippen LogP contribution < -0.4 is 5.32 Å². The van der Waals surface area contributed by atoms with E-state index in [0.717, 1.165) is 19.3 Å². The smallest absolute Gasteiger partial charge is 0.330 e. The van der Waals surface area contributed by atoms with Crippen molar-refractivity contribution < 1.29 is 14.7 Å². The van der Waals surface area contributed by atoms with Crippen molar-refractivity contribution in [2.45, 2.75) is 51.2 Å². The Hall–Kier alpha value is -2.04. The van der Waals surface area contributed by atoms with Crippen LogP contribution in [0.3, 0.4) is 0 Å². The lowest BCUT2D eigenvalue weighted by Crippen LogP contribution is -2.53. The molecule has 0 spiro atoms. The van der Waals surface area contributed by atoms with E-state index in [2.05, 4.69) is 5.32 Å². The zero-order valence-corrected chi connectivity index (χ0v) is 12.5. The quantitative estimate of drug-likeness (QED) is 0.899. The monoisotopic (exact) mass is 290 g/mol. The minimum Gasteiger partial charge on any atom is -0.479 e. The molecule has 2 rings (SSSR count). The second-order valence-electron chi connectivity index (χ2n) is 5.67. The second kappa shape index (κ2) is 6.61. The molecule has 0 radical (unpaired) electrons. The minimum absolute atomic E-state index is 0.138. The van der Waals surface area contributed by atoms with Gasteiger partial charge in [0, 0.05) is 12.1 Å². The van der Waals surface area contributed by atoms with Gasteiger partial charge in [-0.1, -0.05) is 30.3 Å². The van der Waals surface area contributed by atoms with Crippen molar-refractivity contribution in [1.82, 2.24) is 10.2 Å². The van der Waals surface area contributed by atoms with Gasteiger partial charge in [0.15, 0.2) is 6.04 Å². The van der Waals surface area contributed by atoms with Gasteiger partial charge in [-0.25, -0.2) is 9.59 Å². The fourth-order valence-electron chi connectivity index (χ4n) is 2.95. The maximum absolute atomic E-state index is 12.5. The summed E-state index contributed by atoms with van der Waals surface area (Å²) in [5.41, 5.74) is 0.579. The van der Waals surface area contributed by atoms with E-state index in [1.807, 2.05) is 19.9 Å². The molecule has 0 aliphatic carbocycles. The average Bonchev–Trinajstić information content (AvgIpc) is 2.45. The first-order valence-electron chi connectivity index (χ1n) is 7.37. The number of urea groups is 1. The first kappa shape index (κ1) is 15.4. The van der Waals surface area contributed by atoms with Crippen LogP contribution in [0.15, 0.2) is 30.3 Å². The van der Waals surface area contributed by atoms with E-state index >= 15 is 0 Å². The van der Waals surface area contributed by atoms with Crippen LogP contribution in [0.2, 0.25) is 0 Å². The highest BCUT2D eigenvalue weighted by Crippen LogP contribution is 2.23. The predicted octanol–water partition coefficient (Wildman–Crippen LogP) is 2.78. The third-order valence-corrected chi connectivity index (χ3v) is 4.08. The molecule has 0 bridgehead atoms. The molecule has 1 aromatic carbocycles. The number of aliphatic carboxylic acids is 1. The third-order valence-electron chi connectivity index (χ3n) is 4.08. The van der Waals surface area contributed by atoms with Crippen LogP contribution in [-0.2, 0) is 4.79 Å². The Morgan fingerprint density at radius 3 is 2.29 bits per heavy atom. The van der Waals surface area contributed by atoms with Crippen LogP contribution in [0, 0.1) is 0 Å². The molecular formula is C16H22N2O3. The van der Waals surface area contributed by atoms with Crippen molar-refractivity contribution in [2.24, 2.45) is 0 Å². The number of nitrogens with zero attached hydrogens (tertiary/aromatic N) is 1. The Kier molecular flexibility index (Phi) is 4.83. The van der Waals surface area contributed by atoms with Gasteiger partial charge in [-0.05, 0) is 38.7 Å². The number of hydrogen-bond acceptors (Lipinski definition) is 2. The van der Waals surface area contributed by atoms with Gasteiger partial charge in [0.25, 0.3) is 0 Å². The molecular weight excluding hydrogens is 268 g/mol. The highest BCUT2D eigenvalue weighted by atomic mass is 16.4. The first-order chi connectivity index (χ1) is 10.0. The fourth-order valence-corrected chi connectivity index (χ4v) is 2.95. The van der Waals surface area contributed by atoms with Crippen molar-refractivity contribution in [3.05, 3.63) is 35.9 Å². The number of carboxylic acids is 1. The molecule has 0 saturated carbocycles. The van der Waals surface area contributed by atoms with E-state index in [4.69, 9.17) is 0 Å². The number of carbonyl (C=O) groups excluding carboxylic acids is 1. The van der Waals surface area contributed by atoms with Crippen molar-refractivity contribution in [3.63, 3.8) is 0 Å². The standard InChI is InChI=1S/C16H22N2O3/c1-11-7-6-8-12(2)18(11)16(21)17-14(15(19)20)13-9-4-3-5-10-13/h3-5,9-12,14H,6-8H2,1-2H3,(H,17,21)(H,19,20)/t11-,12+,14-/m0/s1. The molecule has 114 valence electrons. The van der Waals surface area contributed by atoms with Crippen molar-refractivity contribution in [3.8, 4) is 0 Å². The summed E-state index contributed by atoms with van der Waals surface area (Å²) in [5.74, 6) is -1.05. The number of amides is 2. The number of carbonyl (C=O) groups is 2. The maximum Gasteiger partial charge on any atom is 0.330 e. The van der Waals surface area contributed by atoms with Gasteiger partial charge >= 0.3 is 12.0 Å². The molecule has 1 aliphatic rings. The molecule has 2 N–H and O–H groups in total. The Balaban J connectivity index is 2.13. The lowest BCUT2D eigenvalue weighted by Gasteiger charge is -2.39. The number of rotatable bonds is 3. The summed E-state index contributed by atoms with van der Waals surface area (Å²) in [6, 6.07) is 7.74. The topological polar surface area (TPSA) is 69.6 Å². The highest BCUT2D eigenvalue weighted by Gasteiger charge is 2.31. The largest absolute Gasteiger partial charge is 0.479 e. The maximum atomic E-state index is 12.5. The van der Waals surface area contributed by atoms with Crippen LogP contribution in [0.5, 0.6) is 0 Å². The fraction of sp³-hybridized carbons (Fsp3) is 0.500. The van der Waals surface area contributed by atoms with Crippen molar-refractivity contribution in [2.75, 3.05) is 0 Å². The Morgan fingerprint density at radius 1 is 1.19 bits per heavy atom. The van der Waals surface area contributed by atoms with Crippen LogP contribution in [0.4, 0.5) is 4.79 Å². The van der Waals surface area contributed by atoms with Crippen LogP contribution in [-0.4, -0.2) is 34.1 Å². The molecule has 21 heavy (non-hydrogen) atoms. The normalized spacial score (nSPS) is 23.4. The molecule has 1 heterocycles. The van der Waals surface area contributed by atoms with E-state index in [9.17, 15) is 14.7 Å². The molecule has 0 aromatic heterocycles. The van der Waals surface area contributed by atoms with E-state index in [-0.39, 0.29) is 18.1 Å². The van der Waals surface area contributed by atoms with Crippen molar-refractivity contribution in [1.29, 1.82) is 0 Å².